The van der Waals surface area contributed by atoms with E-state index in [0.717, 1.165) is 18.2 Å². The normalized spacial score (nSPS) is 13.4. The molecule has 3 nitrogen and oxygen atoms in total. The molecule has 108 valence electrons. The molecule has 0 saturated carbocycles. The summed E-state index contributed by atoms with van der Waals surface area (Å²) in [5.41, 5.74) is -0.898. The van der Waals surface area contributed by atoms with Crippen LogP contribution in [0.2, 0.25) is 0 Å². The largest absolute Gasteiger partial charge is 0.433 e. The lowest BCUT2D eigenvalue weighted by Gasteiger charge is -2.12. The molecule has 0 fully saturated rings. The molecule has 1 atom stereocenters. The van der Waals surface area contributed by atoms with E-state index in [9.17, 15) is 13.2 Å². The zero-order valence-electron chi connectivity index (χ0n) is 11.2. The summed E-state index contributed by atoms with van der Waals surface area (Å²) in [4.78, 5) is 7.56. The number of aromatic nitrogens is 2. The van der Waals surface area contributed by atoms with E-state index in [1.807, 2.05) is 0 Å². The Morgan fingerprint density at radius 2 is 2.00 bits per heavy atom. The van der Waals surface area contributed by atoms with Gasteiger partial charge in [-0.2, -0.15) is 13.2 Å². The molecule has 7 heteroatoms. The summed E-state index contributed by atoms with van der Waals surface area (Å²) in [5, 5.41) is 3.09. The molecule has 1 rings (SSSR count). The Kier molecular flexibility index (Phi) is 5.90. The lowest BCUT2D eigenvalue weighted by atomic mass is 10.2. The molecule has 0 aliphatic carbocycles. The van der Waals surface area contributed by atoms with Crippen molar-refractivity contribution in [1.29, 1.82) is 0 Å². The summed E-state index contributed by atoms with van der Waals surface area (Å²) in [7, 11) is 0. The summed E-state index contributed by atoms with van der Waals surface area (Å²) in [6.45, 7) is 6.38. The van der Waals surface area contributed by atoms with Crippen LogP contribution in [0, 0.1) is 5.92 Å². The second-order valence-electron chi connectivity index (χ2n) is 4.27. The van der Waals surface area contributed by atoms with Crippen molar-refractivity contribution in [1.82, 2.24) is 9.97 Å². The Balaban J connectivity index is 2.93. The number of hydrogen-bond donors (Lipinski definition) is 1. The van der Waals surface area contributed by atoms with Gasteiger partial charge >= 0.3 is 6.18 Å². The molecule has 0 spiro atoms. The van der Waals surface area contributed by atoms with Crippen LogP contribution >= 0.6 is 11.8 Å². The number of thioether (sulfide) groups is 1. The molecule has 19 heavy (non-hydrogen) atoms. The van der Waals surface area contributed by atoms with Gasteiger partial charge in [-0.3, -0.25) is 0 Å². The fourth-order valence-electron chi connectivity index (χ4n) is 1.23. The standard InChI is InChI=1S/C12H18F3N3S/c1-4-8(3)7-19-10-6-9(12(13,14)15)17-11(18-10)16-5-2/h6,8H,4-5,7H2,1-3H3,(H,16,17,18). The van der Waals surface area contributed by atoms with Gasteiger partial charge in [0, 0.05) is 18.4 Å². The molecule has 1 aromatic heterocycles. The van der Waals surface area contributed by atoms with E-state index in [4.69, 9.17) is 0 Å². The first-order valence-corrected chi connectivity index (χ1v) is 7.18. The molecule has 0 radical (unpaired) electrons. The van der Waals surface area contributed by atoms with Crippen molar-refractivity contribution in [2.24, 2.45) is 5.92 Å². The Morgan fingerprint density at radius 1 is 1.32 bits per heavy atom. The maximum atomic E-state index is 12.7. The van der Waals surface area contributed by atoms with Crippen LogP contribution in [0.15, 0.2) is 11.1 Å². The van der Waals surface area contributed by atoms with E-state index in [0.29, 0.717) is 17.5 Å². The summed E-state index contributed by atoms with van der Waals surface area (Å²) in [6.07, 6.45) is -3.46. The molecule has 1 aromatic rings. The second kappa shape index (κ2) is 6.98. The minimum absolute atomic E-state index is 0.0315. The molecule has 0 saturated heterocycles. The highest BCUT2D eigenvalue weighted by molar-refractivity contribution is 7.99. The predicted molar refractivity (Wildman–Crippen MR) is 71.4 cm³/mol. The van der Waals surface area contributed by atoms with Gasteiger partial charge in [0.2, 0.25) is 5.95 Å². The number of anilines is 1. The van der Waals surface area contributed by atoms with Crippen molar-refractivity contribution in [2.75, 3.05) is 17.6 Å². The van der Waals surface area contributed by atoms with E-state index in [-0.39, 0.29) is 5.95 Å². The zero-order valence-corrected chi connectivity index (χ0v) is 12.0. The molecule has 0 aromatic carbocycles. The average Bonchev–Trinajstić information content (AvgIpc) is 2.35. The van der Waals surface area contributed by atoms with E-state index >= 15 is 0 Å². The Bertz CT molecular complexity index is 410. The Morgan fingerprint density at radius 3 is 2.53 bits per heavy atom. The van der Waals surface area contributed by atoms with E-state index in [1.54, 1.807) is 6.92 Å². The highest BCUT2D eigenvalue weighted by Crippen LogP contribution is 2.31. The summed E-state index contributed by atoms with van der Waals surface area (Å²) < 4.78 is 38.2. The first-order valence-electron chi connectivity index (χ1n) is 6.19. The van der Waals surface area contributed by atoms with Crippen LogP contribution in [0.1, 0.15) is 32.9 Å². The van der Waals surface area contributed by atoms with Crippen LogP contribution in [0.3, 0.4) is 0 Å². The first-order chi connectivity index (χ1) is 8.86. The van der Waals surface area contributed by atoms with Crippen LogP contribution in [-0.4, -0.2) is 22.3 Å². The minimum Gasteiger partial charge on any atom is -0.354 e. The van der Waals surface area contributed by atoms with Gasteiger partial charge in [-0.05, 0) is 12.8 Å². The van der Waals surface area contributed by atoms with Gasteiger partial charge in [-0.25, -0.2) is 9.97 Å². The first kappa shape index (κ1) is 16.1. The SMILES string of the molecule is CCNc1nc(SCC(C)CC)cc(C(F)(F)F)n1. The van der Waals surface area contributed by atoms with Gasteiger partial charge in [0.25, 0.3) is 0 Å². The molecular formula is C12H18F3N3S. The molecule has 0 aliphatic heterocycles. The van der Waals surface area contributed by atoms with Gasteiger partial charge in [-0.1, -0.05) is 20.3 Å². The monoisotopic (exact) mass is 293 g/mol. The number of halogens is 3. The lowest BCUT2D eigenvalue weighted by molar-refractivity contribution is -0.141. The molecule has 0 bridgehead atoms. The third kappa shape index (κ3) is 5.26. The number of rotatable bonds is 6. The van der Waals surface area contributed by atoms with Gasteiger partial charge in [-0.15, -0.1) is 11.8 Å². The third-order valence-corrected chi connectivity index (χ3v) is 3.78. The van der Waals surface area contributed by atoms with E-state index in [2.05, 4.69) is 29.1 Å². The molecular weight excluding hydrogens is 275 g/mol. The minimum atomic E-state index is -4.45. The van der Waals surface area contributed by atoms with Crippen molar-refractivity contribution in [3.63, 3.8) is 0 Å². The lowest BCUT2D eigenvalue weighted by Crippen LogP contribution is -2.12. The summed E-state index contributed by atoms with van der Waals surface area (Å²) in [5.74, 6) is 1.22. The number of alkyl halides is 3. The van der Waals surface area contributed by atoms with Crippen molar-refractivity contribution in [3.8, 4) is 0 Å². The summed E-state index contributed by atoms with van der Waals surface area (Å²) in [6, 6.07) is 1.01. The smallest absolute Gasteiger partial charge is 0.354 e. The predicted octanol–water partition coefficient (Wildman–Crippen LogP) is 4.07. The Labute approximate surface area is 115 Å². The van der Waals surface area contributed by atoms with Gasteiger partial charge in [0.1, 0.15) is 5.03 Å². The number of nitrogens with one attached hydrogen (secondary N) is 1. The van der Waals surface area contributed by atoms with Crippen molar-refractivity contribution < 1.29 is 13.2 Å². The third-order valence-electron chi connectivity index (χ3n) is 2.54. The van der Waals surface area contributed by atoms with Crippen molar-refractivity contribution in [2.45, 2.75) is 38.4 Å². The van der Waals surface area contributed by atoms with Gasteiger partial charge < -0.3 is 5.32 Å². The number of hydrogen-bond acceptors (Lipinski definition) is 4. The van der Waals surface area contributed by atoms with Crippen LogP contribution < -0.4 is 5.32 Å². The average molecular weight is 293 g/mol. The van der Waals surface area contributed by atoms with Gasteiger partial charge in [0.15, 0.2) is 5.69 Å². The zero-order chi connectivity index (χ0) is 14.5. The van der Waals surface area contributed by atoms with Crippen LogP contribution in [0.4, 0.5) is 19.1 Å². The van der Waals surface area contributed by atoms with Crippen LogP contribution in [0.5, 0.6) is 0 Å². The fraction of sp³-hybridized carbons (Fsp3) is 0.667. The topological polar surface area (TPSA) is 37.8 Å². The molecule has 1 N–H and O–H groups in total. The Hall–Kier alpha value is -0.980. The summed E-state index contributed by atoms with van der Waals surface area (Å²) >= 11 is 1.33. The highest BCUT2D eigenvalue weighted by atomic mass is 32.2. The molecule has 0 amide bonds. The maximum absolute atomic E-state index is 12.7. The second-order valence-corrected chi connectivity index (χ2v) is 5.31. The van der Waals surface area contributed by atoms with E-state index < -0.39 is 11.9 Å². The van der Waals surface area contributed by atoms with Gasteiger partial charge in [0.05, 0.1) is 0 Å². The molecule has 1 unspecified atom stereocenters. The molecule has 0 aliphatic rings. The fourth-order valence-corrected chi connectivity index (χ4v) is 2.26. The van der Waals surface area contributed by atoms with Crippen LogP contribution in [0.25, 0.3) is 0 Å². The van der Waals surface area contributed by atoms with Crippen LogP contribution in [-0.2, 0) is 6.18 Å². The molecule has 1 heterocycles. The highest BCUT2D eigenvalue weighted by Gasteiger charge is 2.33. The maximum Gasteiger partial charge on any atom is 0.433 e. The van der Waals surface area contributed by atoms with Crippen molar-refractivity contribution >= 4 is 17.7 Å². The number of nitrogens with zero attached hydrogens (tertiary/aromatic N) is 2. The van der Waals surface area contributed by atoms with E-state index in [1.165, 1.54) is 11.8 Å². The quantitative estimate of drug-likeness (QED) is 0.634. The van der Waals surface area contributed by atoms with Crippen molar-refractivity contribution in [3.05, 3.63) is 11.8 Å².